The Morgan fingerprint density at radius 2 is 1.83 bits per heavy atom. The van der Waals surface area contributed by atoms with Crippen molar-refractivity contribution >= 4 is 16.5 Å². The average molecular weight is 346 g/mol. The zero-order valence-electron chi connectivity index (χ0n) is 14.8. The van der Waals surface area contributed by atoms with Crippen LogP contribution in [0.2, 0.25) is 0 Å². The third kappa shape index (κ3) is 5.65. The molecule has 0 radical (unpaired) electrons. The predicted molar refractivity (Wildman–Crippen MR) is 101 cm³/mol. The van der Waals surface area contributed by atoms with Crippen molar-refractivity contribution in [3.05, 3.63) is 53.6 Å². The number of likely N-dealkylation sites (N-methyl/N-ethyl adjacent to an activating group) is 1. The Morgan fingerprint density at radius 1 is 1.12 bits per heavy atom. The van der Waals surface area contributed by atoms with Crippen LogP contribution in [0.4, 0.5) is 5.69 Å². The fourth-order valence-electron chi connectivity index (χ4n) is 2.23. The van der Waals surface area contributed by atoms with Gasteiger partial charge in [-0.25, -0.2) is 0 Å². The smallest absolute Gasteiger partial charge is 0.142 e. The summed E-state index contributed by atoms with van der Waals surface area (Å²) in [6.45, 7) is 4.29. The lowest BCUT2D eigenvalue weighted by atomic mass is 10.2. The zero-order chi connectivity index (χ0) is 17.5. The molecule has 1 N–H and O–H groups in total. The molecule has 0 spiro atoms. The second kappa shape index (κ2) is 8.85. The molecular formula is C19H26N2O2S. The molecule has 0 aliphatic heterocycles. The van der Waals surface area contributed by atoms with Gasteiger partial charge in [0.2, 0.25) is 0 Å². The number of ether oxygens (including phenoxy) is 1. The first-order valence-corrected chi connectivity index (χ1v) is 9.56. The molecule has 130 valence electrons. The minimum atomic E-state index is -0.936. The lowest BCUT2D eigenvalue weighted by molar-refractivity contribution is 0.262. The van der Waals surface area contributed by atoms with Gasteiger partial charge >= 0.3 is 0 Å². The van der Waals surface area contributed by atoms with Gasteiger partial charge in [0.25, 0.3) is 0 Å². The first kappa shape index (κ1) is 18.5. The van der Waals surface area contributed by atoms with Gasteiger partial charge in [0.15, 0.2) is 0 Å². The van der Waals surface area contributed by atoms with E-state index >= 15 is 0 Å². The monoisotopic (exact) mass is 346 g/mol. The van der Waals surface area contributed by atoms with Crippen molar-refractivity contribution in [2.75, 3.05) is 38.8 Å². The highest BCUT2D eigenvalue weighted by Gasteiger charge is 2.05. The summed E-state index contributed by atoms with van der Waals surface area (Å²) >= 11 is 0. The van der Waals surface area contributed by atoms with Crippen LogP contribution < -0.4 is 10.1 Å². The predicted octanol–water partition coefficient (Wildman–Crippen LogP) is 3.28. The Morgan fingerprint density at radius 3 is 2.46 bits per heavy atom. The maximum atomic E-state index is 11.4. The van der Waals surface area contributed by atoms with E-state index in [2.05, 4.69) is 35.3 Å². The number of hydrogen-bond donors (Lipinski definition) is 1. The third-order valence-corrected chi connectivity index (χ3v) is 4.61. The molecule has 0 unspecified atom stereocenters. The standard InChI is InChI=1S/C19H26N2O2S/c1-15-5-10-18(19(13-15)23-12-11-21(2)3)20-14-16-6-8-17(9-7-16)24(4)22/h5-10,13,20H,11-12,14H2,1-4H3/t24-/m0/s1. The van der Waals surface area contributed by atoms with Gasteiger partial charge in [-0.3, -0.25) is 4.21 Å². The average Bonchev–Trinajstić information content (AvgIpc) is 2.54. The van der Waals surface area contributed by atoms with Crippen LogP contribution in [0, 0.1) is 6.92 Å². The Balaban J connectivity index is 2.01. The molecule has 0 bridgehead atoms. The minimum absolute atomic E-state index is 0.655. The van der Waals surface area contributed by atoms with E-state index in [1.807, 2.05) is 38.4 Å². The van der Waals surface area contributed by atoms with Crippen LogP contribution in [-0.2, 0) is 17.3 Å². The second-order valence-electron chi connectivity index (χ2n) is 6.10. The van der Waals surface area contributed by atoms with Crippen LogP contribution in [0.25, 0.3) is 0 Å². The molecule has 2 aromatic rings. The van der Waals surface area contributed by atoms with Crippen LogP contribution in [0.15, 0.2) is 47.4 Å². The second-order valence-corrected chi connectivity index (χ2v) is 7.48. The summed E-state index contributed by atoms with van der Waals surface area (Å²) in [4.78, 5) is 2.95. The van der Waals surface area contributed by atoms with Gasteiger partial charge in [-0.2, -0.15) is 0 Å². The Labute approximate surface area is 147 Å². The van der Waals surface area contributed by atoms with E-state index in [4.69, 9.17) is 4.74 Å². The van der Waals surface area contributed by atoms with Gasteiger partial charge in [0.05, 0.1) is 5.69 Å². The SMILES string of the molecule is Cc1ccc(NCc2ccc([S@](C)=O)cc2)c(OCCN(C)C)c1. The lowest BCUT2D eigenvalue weighted by Gasteiger charge is -2.16. The van der Waals surface area contributed by atoms with Crippen LogP contribution in [0.3, 0.4) is 0 Å². The highest BCUT2D eigenvalue weighted by Crippen LogP contribution is 2.26. The summed E-state index contributed by atoms with van der Waals surface area (Å²) in [5, 5.41) is 3.43. The number of nitrogens with one attached hydrogen (secondary N) is 1. The normalized spacial score (nSPS) is 12.2. The maximum absolute atomic E-state index is 11.4. The molecule has 0 fully saturated rings. The van der Waals surface area contributed by atoms with Gasteiger partial charge in [-0.15, -0.1) is 0 Å². The van der Waals surface area contributed by atoms with Crippen molar-refractivity contribution in [3.63, 3.8) is 0 Å². The van der Waals surface area contributed by atoms with Crippen molar-refractivity contribution in [2.45, 2.75) is 18.4 Å². The van der Waals surface area contributed by atoms with Gasteiger partial charge in [0.1, 0.15) is 12.4 Å². The van der Waals surface area contributed by atoms with Crippen molar-refractivity contribution in [3.8, 4) is 5.75 Å². The van der Waals surface area contributed by atoms with Gasteiger partial charge in [-0.1, -0.05) is 18.2 Å². The molecule has 0 aromatic heterocycles. The summed E-state index contributed by atoms with van der Waals surface area (Å²) in [6.07, 6.45) is 1.69. The number of anilines is 1. The van der Waals surface area contributed by atoms with Gasteiger partial charge in [0, 0.05) is 35.0 Å². The number of hydrogen-bond acceptors (Lipinski definition) is 4. The molecule has 0 amide bonds. The van der Waals surface area contributed by atoms with E-state index in [0.29, 0.717) is 13.2 Å². The molecule has 5 heteroatoms. The molecule has 24 heavy (non-hydrogen) atoms. The highest BCUT2D eigenvalue weighted by molar-refractivity contribution is 7.84. The van der Waals surface area contributed by atoms with Crippen molar-refractivity contribution in [1.82, 2.24) is 4.90 Å². The molecule has 0 aliphatic carbocycles. The number of aryl methyl sites for hydroxylation is 1. The first-order chi connectivity index (χ1) is 11.5. The van der Waals surface area contributed by atoms with Crippen LogP contribution in [-0.4, -0.2) is 42.6 Å². The molecule has 0 aliphatic rings. The maximum Gasteiger partial charge on any atom is 0.142 e. The first-order valence-electron chi connectivity index (χ1n) is 8.00. The molecule has 2 rings (SSSR count). The molecule has 2 aromatic carbocycles. The molecule has 4 nitrogen and oxygen atoms in total. The third-order valence-electron chi connectivity index (χ3n) is 3.67. The number of benzene rings is 2. The number of nitrogens with zero attached hydrogens (tertiary/aromatic N) is 1. The summed E-state index contributed by atoms with van der Waals surface area (Å²) in [7, 11) is 3.13. The van der Waals surface area contributed by atoms with Crippen molar-refractivity contribution in [1.29, 1.82) is 0 Å². The molecule has 0 saturated heterocycles. The van der Waals surface area contributed by atoms with E-state index < -0.39 is 10.8 Å². The fourth-order valence-corrected chi connectivity index (χ4v) is 2.75. The fraction of sp³-hybridized carbons (Fsp3) is 0.368. The van der Waals surface area contributed by atoms with Gasteiger partial charge < -0.3 is 15.0 Å². The van der Waals surface area contributed by atoms with Crippen LogP contribution in [0.5, 0.6) is 5.75 Å². The Hall–Kier alpha value is -1.85. The summed E-state index contributed by atoms with van der Waals surface area (Å²) in [5.74, 6) is 0.878. The Kier molecular flexibility index (Phi) is 6.82. The Bertz CT molecular complexity index is 684. The van der Waals surface area contributed by atoms with E-state index in [9.17, 15) is 4.21 Å². The lowest BCUT2D eigenvalue weighted by Crippen LogP contribution is -2.19. The van der Waals surface area contributed by atoms with Crippen molar-refractivity contribution < 1.29 is 8.95 Å². The largest absolute Gasteiger partial charge is 0.490 e. The number of rotatable bonds is 8. The van der Waals surface area contributed by atoms with E-state index in [1.54, 1.807) is 6.26 Å². The quantitative estimate of drug-likeness (QED) is 0.796. The van der Waals surface area contributed by atoms with Crippen molar-refractivity contribution in [2.24, 2.45) is 0 Å². The van der Waals surface area contributed by atoms with Gasteiger partial charge in [-0.05, 0) is 56.4 Å². The van der Waals surface area contributed by atoms with Crippen LogP contribution >= 0.6 is 0 Å². The van der Waals surface area contributed by atoms with E-state index in [-0.39, 0.29) is 0 Å². The zero-order valence-corrected chi connectivity index (χ0v) is 15.7. The molecular weight excluding hydrogens is 320 g/mol. The molecule has 1 atom stereocenters. The molecule has 0 saturated carbocycles. The topological polar surface area (TPSA) is 41.6 Å². The van der Waals surface area contributed by atoms with E-state index in [1.165, 1.54) is 5.56 Å². The summed E-state index contributed by atoms with van der Waals surface area (Å²) in [6, 6.07) is 14.0. The minimum Gasteiger partial charge on any atom is -0.490 e. The highest BCUT2D eigenvalue weighted by atomic mass is 32.2. The van der Waals surface area contributed by atoms with E-state index in [0.717, 1.165) is 28.4 Å². The summed E-state index contributed by atoms with van der Waals surface area (Å²) in [5.41, 5.74) is 3.31. The summed E-state index contributed by atoms with van der Waals surface area (Å²) < 4.78 is 17.4. The van der Waals surface area contributed by atoms with Crippen LogP contribution in [0.1, 0.15) is 11.1 Å². The molecule has 0 heterocycles.